The molecule has 152 valence electrons. The molecule has 0 unspecified atom stereocenters. The molecule has 0 radical (unpaired) electrons. The molecular formula is C23H20BrN3O2S. The fourth-order valence-electron chi connectivity index (χ4n) is 2.74. The van der Waals surface area contributed by atoms with Crippen molar-refractivity contribution in [1.29, 1.82) is 5.26 Å². The van der Waals surface area contributed by atoms with Gasteiger partial charge in [0.05, 0.1) is 12.3 Å². The zero-order chi connectivity index (χ0) is 21.5. The van der Waals surface area contributed by atoms with Gasteiger partial charge in [-0.15, -0.1) is 11.3 Å². The topological polar surface area (TPSA) is 75.0 Å². The first-order valence-electron chi connectivity index (χ1n) is 9.40. The van der Waals surface area contributed by atoms with Crippen LogP contribution in [0.5, 0.6) is 5.75 Å². The predicted octanol–water partition coefficient (Wildman–Crippen LogP) is 6.22. The Kier molecular flexibility index (Phi) is 7.39. The smallest absolute Gasteiger partial charge is 0.268 e. The molecule has 1 amide bonds. The van der Waals surface area contributed by atoms with Gasteiger partial charge in [-0.1, -0.05) is 53.2 Å². The molecule has 0 bridgehead atoms. The largest absolute Gasteiger partial charge is 0.493 e. The highest BCUT2D eigenvalue weighted by Crippen LogP contribution is 2.31. The Morgan fingerprint density at radius 2 is 2.00 bits per heavy atom. The van der Waals surface area contributed by atoms with Crippen LogP contribution in [0.1, 0.15) is 23.8 Å². The highest BCUT2D eigenvalue weighted by molar-refractivity contribution is 9.10. The van der Waals surface area contributed by atoms with Crippen molar-refractivity contribution in [1.82, 2.24) is 4.98 Å². The molecule has 0 atom stereocenters. The second-order valence-electron chi connectivity index (χ2n) is 6.44. The molecule has 0 aliphatic carbocycles. The fourth-order valence-corrected chi connectivity index (χ4v) is 3.83. The first-order valence-corrected chi connectivity index (χ1v) is 11.0. The lowest BCUT2D eigenvalue weighted by atomic mass is 10.1. The minimum Gasteiger partial charge on any atom is -0.493 e. The summed E-state index contributed by atoms with van der Waals surface area (Å²) in [5, 5.41) is 12.7. The van der Waals surface area contributed by atoms with Gasteiger partial charge in [-0.25, -0.2) is 4.98 Å². The number of amides is 1. The van der Waals surface area contributed by atoms with Gasteiger partial charge in [0.2, 0.25) is 0 Å². The van der Waals surface area contributed by atoms with E-state index < -0.39 is 5.91 Å². The van der Waals surface area contributed by atoms with Crippen molar-refractivity contribution in [3.05, 3.63) is 69.0 Å². The van der Waals surface area contributed by atoms with Crippen molar-refractivity contribution < 1.29 is 9.53 Å². The molecule has 30 heavy (non-hydrogen) atoms. The molecule has 0 aliphatic rings. The van der Waals surface area contributed by atoms with E-state index in [9.17, 15) is 10.1 Å². The molecular weight excluding hydrogens is 462 g/mol. The number of benzene rings is 2. The maximum atomic E-state index is 12.7. The number of hydrogen-bond donors (Lipinski definition) is 1. The summed E-state index contributed by atoms with van der Waals surface area (Å²) in [4.78, 5) is 18.2. The molecule has 3 aromatic rings. The maximum absolute atomic E-state index is 12.7. The monoisotopic (exact) mass is 481 g/mol. The minimum atomic E-state index is -0.501. The standard InChI is InChI=1S/C23H20BrN3O2S/c1-3-12-29-20-7-5-4-6-17(20)13-18(14-25)22(28)27-23-26-21(15(2)30-23)16-8-10-19(24)11-9-16/h4-11,13H,3,12H2,1-2H3,(H,26,27,28)/b18-13+. The van der Waals surface area contributed by atoms with E-state index in [1.54, 1.807) is 0 Å². The van der Waals surface area contributed by atoms with Crippen LogP contribution in [0.2, 0.25) is 0 Å². The summed E-state index contributed by atoms with van der Waals surface area (Å²) in [6.07, 6.45) is 2.41. The van der Waals surface area contributed by atoms with Gasteiger partial charge in [-0.2, -0.15) is 5.26 Å². The third kappa shape index (κ3) is 5.35. The van der Waals surface area contributed by atoms with Crippen LogP contribution in [0, 0.1) is 18.3 Å². The molecule has 5 nitrogen and oxygen atoms in total. The number of halogens is 1. The van der Waals surface area contributed by atoms with Gasteiger partial charge >= 0.3 is 0 Å². The average Bonchev–Trinajstić information content (AvgIpc) is 3.11. The molecule has 2 aromatic carbocycles. The van der Waals surface area contributed by atoms with Crippen LogP contribution < -0.4 is 10.1 Å². The molecule has 0 saturated carbocycles. The number of carbonyl (C=O) groups excluding carboxylic acids is 1. The van der Waals surface area contributed by atoms with Crippen molar-refractivity contribution in [2.75, 3.05) is 11.9 Å². The quantitative estimate of drug-likeness (QED) is 0.321. The number of nitriles is 1. The van der Waals surface area contributed by atoms with E-state index in [0.29, 0.717) is 23.1 Å². The zero-order valence-electron chi connectivity index (χ0n) is 16.6. The Labute approximate surface area is 188 Å². The molecule has 1 heterocycles. The minimum absolute atomic E-state index is 0.0133. The van der Waals surface area contributed by atoms with Crippen LogP contribution in [0.15, 0.2) is 58.6 Å². The number of ether oxygens (including phenoxy) is 1. The number of hydrogen-bond acceptors (Lipinski definition) is 5. The van der Waals surface area contributed by atoms with Gasteiger partial charge in [-0.05, 0) is 37.6 Å². The number of carbonyl (C=O) groups is 1. The van der Waals surface area contributed by atoms with Gasteiger partial charge in [0.15, 0.2) is 5.13 Å². The van der Waals surface area contributed by atoms with E-state index in [1.807, 2.05) is 68.4 Å². The van der Waals surface area contributed by atoms with Gasteiger partial charge < -0.3 is 4.74 Å². The van der Waals surface area contributed by atoms with E-state index >= 15 is 0 Å². The second kappa shape index (κ2) is 10.2. The number of rotatable bonds is 7. The number of aromatic nitrogens is 1. The summed E-state index contributed by atoms with van der Waals surface area (Å²) in [5.41, 5.74) is 2.44. The number of anilines is 1. The number of para-hydroxylation sites is 1. The third-order valence-corrected chi connectivity index (χ3v) is 5.60. The molecule has 0 fully saturated rings. The Balaban J connectivity index is 1.81. The van der Waals surface area contributed by atoms with Crippen LogP contribution >= 0.6 is 27.3 Å². The molecule has 3 rings (SSSR count). The summed E-state index contributed by atoms with van der Waals surface area (Å²) in [7, 11) is 0. The average molecular weight is 482 g/mol. The summed E-state index contributed by atoms with van der Waals surface area (Å²) >= 11 is 4.80. The van der Waals surface area contributed by atoms with Crippen molar-refractivity contribution >= 4 is 44.4 Å². The highest BCUT2D eigenvalue weighted by Gasteiger charge is 2.15. The van der Waals surface area contributed by atoms with Gasteiger partial charge in [0.1, 0.15) is 17.4 Å². The Morgan fingerprint density at radius 1 is 1.27 bits per heavy atom. The van der Waals surface area contributed by atoms with Crippen LogP contribution in [0.25, 0.3) is 17.3 Å². The Bertz CT molecular complexity index is 1110. The zero-order valence-corrected chi connectivity index (χ0v) is 19.0. The molecule has 1 aromatic heterocycles. The number of thiazole rings is 1. The highest BCUT2D eigenvalue weighted by atomic mass is 79.9. The molecule has 7 heteroatoms. The maximum Gasteiger partial charge on any atom is 0.268 e. The van der Waals surface area contributed by atoms with Crippen LogP contribution in [-0.2, 0) is 4.79 Å². The Morgan fingerprint density at radius 3 is 2.70 bits per heavy atom. The third-order valence-electron chi connectivity index (χ3n) is 4.18. The van der Waals surface area contributed by atoms with Crippen molar-refractivity contribution in [2.24, 2.45) is 0 Å². The predicted molar refractivity (Wildman–Crippen MR) is 124 cm³/mol. The lowest BCUT2D eigenvalue weighted by Gasteiger charge is -2.08. The van der Waals surface area contributed by atoms with Crippen molar-refractivity contribution in [3.8, 4) is 23.1 Å². The lowest BCUT2D eigenvalue weighted by Crippen LogP contribution is -2.13. The number of nitrogens with one attached hydrogen (secondary N) is 1. The van der Waals surface area contributed by atoms with Crippen LogP contribution in [0.3, 0.4) is 0 Å². The van der Waals surface area contributed by atoms with E-state index in [-0.39, 0.29) is 5.57 Å². The SMILES string of the molecule is CCCOc1ccccc1/C=C(\C#N)C(=O)Nc1nc(-c2ccc(Br)cc2)c(C)s1. The molecule has 0 spiro atoms. The molecule has 1 N–H and O–H groups in total. The van der Waals surface area contributed by atoms with E-state index in [1.165, 1.54) is 17.4 Å². The van der Waals surface area contributed by atoms with Gasteiger partial charge in [0.25, 0.3) is 5.91 Å². The molecule has 0 aliphatic heterocycles. The van der Waals surface area contributed by atoms with E-state index in [2.05, 4.69) is 26.2 Å². The van der Waals surface area contributed by atoms with E-state index in [4.69, 9.17) is 4.74 Å². The number of aryl methyl sites for hydroxylation is 1. The first kappa shape index (κ1) is 21.8. The molecule has 0 saturated heterocycles. The lowest BCUT2D eigenvalue weighted by molar-refractivity contribution is -0.112. The summed E-state index contributed by atoms with van der Waals surface area (Å²) in [6, 6.07) is 17.1. The summed E-state index contributed by atoms with van der Waals surface area (Å²) in [6.45, 7) is 4.54. The fraction of sp³-hybridized carbons (Fsp3) is 0.174. The van der Waals surface area contributed by atoms with Gasteiger partial charge in [0, 0.05) is 20.5 Å². The van der Waals surface area contributed by atoms with Crippen LogP contribution in [0.4, 0.5) is 5.13 Å². The number of nitrogens with zero attached hydrogens (tertiary/aromatic N) is 2. The van der Waals surface area contributed by atoms with Gasteiger partial charge in [-0.3, -0.25) is 10.1 Å². The Hall–Kier alpha value is -2.95. The van der Waals surface area contributed by atoms with Crippen LogP contribution in [-0.4, -0.2) is 17.5 Å². The second-order valence-corrected chi connectivity index (χ2v) is 8.56. The van der Waals surface area contributed by atoms with E-state index in [0.717, 1.165) is 27.0 Å². The van der Waals surface area contributed by atoms with Crippen molar-refractivity contribution in [2.45, 2.75) is 20.3 Å². The summed E-state index contributed by atoms with van der Waals surface area (Å²) < 4.78 is 6.69. The first-order chi connectivity index (χ1) is 14.5. The summed E-state index contributed by atoms with van der Waals surface area (Å²) in [5.74, 6) is 0.140. The van der Waals surface area contributed by atoms with Crippen molar-refractivity contribution in [3.63, 3.8) is 0 Å². The normalized spacial score (nSPS) is 11.1.